The molecular formula is C16H25Cl2F3N2. The van der Waals surface area contributed by atoms with E-state index in [1.165, 1.54) is 12.1 Å². The third kappa shape index (κ3) is 5.52. The van der Waals surface area contributed by atoms with Crippen molar-refractivity contribution >= 4 is 24.8 Å². The van der Waals surface area contributed by atoms with E-state index in [2.05, 4.69) is 31.0 Å². The minimum Gasteiger partial charge on any atom is -0.311 e. The first kappa shape index (κ1) is 22.5. The first-order valence-electron chi connectivity index (χ1n) is 7.49. The highest BCUT2D eigenvalue weighted by molar-refractivity contribution is 5.85. The topological polar surface area (TPSA) is 15.3 Å². The number of benzene rings is 1. The zero-order chi connectivity index (χ0) is 15.6. The monoisotopic (exact) mass is 372 g/mol. The summed E-state index contributed by atoms with van der Waals surface area (Å²) >= 11 is 0. The van der Waals surface area contributed by atoms with E-state index in [0.717, 1.165) is 25.1 Å². The fourth-order valence-electron chi connectivity index (χ4n) is 2.98. The van der Waals surface area contributed by atoms with Gasteiger partial charge in [0.05, 0.1) is 5.56 Å². The Bertz CT molecular complexity index is 465. The maximum atomic E-state index is 12.6. The molecule has 0 saturated carbocycles. The van der Waals surface area contributed by atoms with Crippen LogP contribution in [0.1, 0.15) is 44.4 Å². The number of hydrogen-bond acceptors (Lipinski definition) is 2. The number of alkyl halides is 3. The lowest BCUT2D eigenvalue weighted by Gasteiger charge is -2.42. The van der Waals surface area contributed by atoms with Crippen LogP contribution < -0.4 is 5.32 Å². The average molecular weight is 373 g/mol. The molecule has 0 radical (unpaired) electrons. The molecule has 0 aromatic heterocycles. The SMILES string of the molecule is CC[C@@H]1CN[C@@H](C)CN1C(C)c1ccc(C(F)(F)F)cc1.Cl.Cl. The van der Waals surface area contributed by atoms with Crippen molar-refractivity contribution in [2.75, 3.05) is 13.1 Å². The summed E-state index contributed by atoms with van der Waals surface area (Å²) in [6.07, 6.45) is -3.23. The van der Waals surface area contributed by atoms with Crippen molar-refractivity contribution < 1.29 is 13.2 Å². The second-order valence-electron chi connectivity index (χ2n) is 5.86. The molecule has 23 heavy (non-hydrogen) atoms. The van der Waals surface area contributed by atoms with Gasteiger partial charge < -0.3 is 5.32 Å². The summed E-state index contributed by atoms with van der Waals surface area (Å²) in [5, 5.41) is 3.46. The van der Waals surface area contributed by atoms with Crippen LogP contribution in [0.5, 0.6) is 0 Å². The molecule has 1 N–H and O–H groups in total. The van der Waals surface area contributed by atoms with Crippen molar-refractivity contribution in [1.29, 1.82) is 0 Å². The number of hydrogen-bond donors (Lipinski definition) is 1. The summed E-state index contributed by atoms with van der Waals surface area (Å²) in [6.45, 7) is 8.21. The predicted molar refractivity (Wildman–Crippen MR) is 92.6 cm³/mol. The Morgan fingerprint density at radius 3 is 2.26 bits per heavy atom. The van der Waals surface area contributed by atoms with Crippen LogP contribution in [0.15, 0.2) is 24.3 Å². The fraction of sp³-hybridized carbons (Fsp3) is 0.625. The Labute approximate surface area is 148 Å². The summed E-state index contributed by atoms with van der Waals surface area (Å²) in [7, 11) is 0. The van der Waals surface area contributed by atoms with Crippen LogP contribution in [0.3, 0.4) is 0 Å². The zero-order valence-electron chi connectivity index (χ0n) is 13.6. The van der Waals surface area contributed by atoms with Crippen LogP contribution in [-0.2, 0) is 6.18 Å². The Kier molecular flexibility index (Phi) is 8.92. The average Bonchev–Trinajstić information content (AvgIpc) is 2.45. The standard InChI is InChI=1S/C16H23F3N2.2ClH/c1-4-15-9-20-11(2)10-21(15)12(3)13-5-7-14(8-6-13)16(17,18)19;;/h5-8,11-12,15,20H,4,9-10H2,1-3H3;2*1H/t11-,12?,15+;;/m0../s1. The van der Waals surface area contributed by atoms with Crippen molar-refractivity contribution in [3.63, 3.8) is 0 Å². The van der Waals surface area contributed by atoms with Crippen LogP contribution in [0.4, 0.5) is 13.2 Å². The first-order chi connectivity index (χ1) is 9.82. The number of rotatable bonds is 3. The van der Waals surface area contributed by atoms with Crippen molar-refractivity contribution in [2.24, 2.45) is 0 Å². The maximum absolute atomic E-state index is 12.6. The second-order valence-corrected chi connectivity index (χ2v) is 5.86. The third-order valence-electron chi connectivity index (χ3n) is 4.34. The van der Waals surface area contributed by atoms with Gasteiger partial charge >= 0.3 is 6.18 Å². The van der Waals surface area contributed by atoms with Crippen molar-refractivity contribution in [3.8, 4) is 0 Å². The van der Waals surface area contributed by atoms with Gasteiger partial charge in [0.15, 0.2) is 0 Å². The smallest absolute Gasteiger partial charge is 0.311 e. The Morgan fingerprint density at radius 2 is 1.78 bits per heavy atom. The molecule has 134 valence electrons. The number of nitrogens with zero attached hydrogens (tertiary/aromatic N) is 1. The van der Waals surface area contributed by atoms with E-state index in [0.29, 0.717) is 12.1 Å². The molecule has 1 aromatic carbocycles. The van der Waals surface area contributed by atoms with Gasteiger partial charge in [-0.15, -0.1) is 24.8 Å². The molecule has 1 aliphatic heterocycles. The van der Waals surface area contributed by atoms with Gasteiger partial charge in [0, 0.05) is 31.2 Å². The molecule has 1 aromatic rings. The summed E-state index contributed by atoms with van der Waals surface area (Å²) < 4.78 is 37.9. The highest BCUT2D eigenvalue weighted by atomic mass is 35.5. The van der Waals surface area contributed by atoms with Gasteiger partial charge in [-0.1, -0.05) is 19.1 Å². The normalized spacial score (nSPS) is 23.6. The molecule has 0 bridgehead atoms. The van der Waals surface area contributed by atoms with Crippen LogP contribution in [-0.4, -0.2) is 30.1 Å². The van der Waals surface area contributed by atoms with Crippen LogP contribution in [0.2, 0.25) is 0 Å². The fourth-order valence-corrected chi connectivity index (χ4v) is 2.98. The van der Waals surface area contributed by atoms with Gasteiger partial charge in [0.1, 0.15) is 0 Å². The van der Waals surface area contributed by atoms with E-state index in [1.54, 1.807) is 12.1 Å². The molecule has 1 saturated heterocycles. The van der Waals surface area contributed by atoms with Gasteiger partial charge in [0.2, 0.25) is 0 Å². The van der Waals surface area contributed by atoms with Crippen molar-refractivity contribution in [1.82, 2.24) is 10.2 Å². The minimum absolute atomic E-state index is 0. The molecule has 1 unspecified atom stereocenters. The Morgan fingerprint density at radius 1 is 1.22 bits per heavy atom. The first-order valence-corrected chi connectivity index (χ1v) is 7.49. The number of piperazine rings is 1. The maximum Gasteiger partial charge on any atom is 0.416 e. The van der Waals surface area contributed by atoms with E-state index in [-0.39, 0.29) is 30.9 Å². The molecule has 1 heterocycles. The van der Waals surface area contributed by atoms with E-state index in [1.807, 2.05) is 0 Å². The lowest BCUT2D eigenvalue weighted by molar-refractivity contribution is -0.137. The lowest BCUT2D eigenvalue weighted by Crippen LogP contribution is -2.55. The summed E-state index contributed by atoms with van der Waals surface area (Å²) in [6, 6.07) is 6.53. The van der Waals surface area contributed by atoms with Crippen molar-refractivity contribution in [3.05, 3.63) is 35.4 Å². The van der Waals surface area contributed by atoms with Crippen LogP contribution in [0.25, 0.3) is 0 Å². The van der Waals surface area contributed by atoms with E-state index < -0.39 is 11.7 Å². The highest BCUT2D eigenvalue weighted by Gasteiger charge is 2.32. The molecule has 0 aliphatic carbocycles. The van der Waals surface area contributed by atoms with Gasteiger partial charge in [-0.25, -0.2) is 0 Å². The molecule has 2 nitrogen and oxygen atoms in total. The van der Waals surface area contributed by atoms with E-state index in [4.69, 9.17) is 0 Å². The van der Waals surface area contributed by atoms with Gasteiger partial charge in [-0.2, -0.15) is 13.2 Å². The molecule has 0 spiro atoms. The van der Waals surface area contributed by atoms with Gasteiger partial charge in [-0.05, 0) is 38.0 Å². The third-order valence-corrected chi connectivity index (χ3v) is 4.34. The van der Waals surface area contributed by atoms with E-state index in [9.17, 15) is 13.2 Å². The predicted octanol–water partition coefficient (Wildman–Crippen LogP) is 4.68. The van der Waals surface area contributed by atoms with Crippen LogP contribution >= 0.6 is 24.8 Å². The van der Waals surface area contributed by atoms with E-state index >= 15 is 0 Å². The highest BCUT2D eigenvalue weighted by Crippen LogP contribution is 2.31. The summed E-state index contributed by atoms with van der Waals surface area (Å²) in [4.78, 5) is 2.39. The number of halogens is 5. The molecule has 2 rings (SSSR count). The quantitative estimate of drug-likeness (QED) is 0.828. The summed E-state index contributed by atoms with van der Waals surface area (Å²) in [5.41, 5.74) is 0.356. The largest absolute Gasteiger partial charge is 0.416 e. The molecule has 3 atom stereocenters. The second kappa shape index (κ2) is 9.11. The number of nitrogens with one attached hydrogen (secondary N) is 1. The van der Waals surface area contributed by atoms with Gasteiger partial charge in [-0.3, -0.25) is 4.90 Å². The van der Waals surface area contributed by atoms with Crippen LogP contribution in [0, 0.1) is 0 Å². The summed E-state index contributed by atoms with van der Waals surface area (Å²) in [5.74, 6) is 0. The zero-order valence-corrected chi connectivity index (χ0v) is 15.2. The van der Waals surface area contributed by atoms with Crippen molar-refractivity contribution in [2.45, 2.75) is 51.5 Å². The molecule has 7 heteroatoms. The molecule has 1 aliphatic rings. The molecular weight excluding hydrogens is 348 g/mol. The minimum atomic E-state index is -4.27. The Hall–Kier alpha value is -0.490. The molecule has 0 amide bonds. The Balaban J connectivity index is 0.00000242. The lowest BCUT2D eigenvalue weighted by atomic mass is 9.99. The molecule has 1 fully saturated rings. The van der Waals surface area contributed by atoms with Gasteiger partial charge in [0.25, 0.3) is 0 Å².